The standard InChI is InChI=1S/C3H7ClO3S.Na.H/c1-3(2-4)7-8(5)6;;/h3,8H,2H2,1H3;;. The van der Waals surface area contributed by atoms with Gasteiger partial charge in [-0.05, 0) is 6.92 Å². The number of hydrogen-bond acceptors (Lipinski definition) is 3. The zero-order chi connectivity index (χ0) is 6.57. The third-order valence-corrected chi connectivity index (χ3v) is 1.45. The van der Waals surface area contributed by atoms with Crippen molar-refractivity contribution >= 4 is 52.1 Å². The molecule has 0 bridgehead atoms. The summed E-state index contributed by atoms with van der Waals surface area (Å²) in [7, 11) is -2.73. The fourth-order valence-electron chi connectivity index (χ4n) is 0.175. The van der Waals surface area contributed by atoms with Gasteiger partial charge < -0.3 is 0 Å². The van der Waals surface area contributed by atoms with Gasteiger partial charge in [0.2, 0.25) is 0 Å². The molecule has 0 radical (unpaired) electrons. The van der Waals surface area contributed by atoms with Crippen LogP contribution in [0.5, 0.6) is 0 Å². The molecule has 0 aliphatic heterocycles. The minimum absolute atomic E-state index is 0. The molecule has 52 valence electrons. The molecule has 1 unspecified atom stereocenters. The summed E-state index contributed by atoms with van der Waals surface area (Å²) < 4.78 is 23.7. The molecule has 0 fully saturated rings. The van der Waals surface area contributed by atoms with Crippen LogP contribution in [0.15, 0.2) is 0 Å². The molecule has 0 spiro atoms. The molecule has 0 aromatic rings. The van der Waals surface area contributed by atoms with E-state index in [1.807, 2.05) is 0 Å². The number of thiol groups is 1. The average molecular weight is 183 g/mol. The van der Waals surface area contributed by atoms with E-state index in [0.29, 0.717) is 0 Å². The molecular weight excluding hydrogens is 175 g/mol. The molecule has 1 atom stereocenters. The van der Waals surface area contributed by atoms with Gasteiger partial charge in [-0.25, -0.2) is 8.42 Å². The Hall–Kier alpha value is 1.20. The van der Waals surface area contributed by atoms with E-state index in [1.165, 1.54) is 0 Å². The molecule has 0 N–H and O–H groups in total. The molecule has 0 aromatic heterocycles. The van der Waals surface area contributed by atoms with E-state index in [-0.39, 0.29) is 35.4 Å². The van der Waals surface area contributed by atoms with Crippen molar-refractivity contribution in [2.24, 2.45) is 0 Å². The van der Waals surface area contributed by atoms with Crippen LogP contribution < -0.4 is 0 Å². The Bertz CT molecular complexity index is 118. The molecule has 9 heavy (non-hydrogen) atoms. The van der Waals surface area contributed by atoms with E-state index in [2.05, 4.69) is 4.18 Å². The first-order chi connectivity index (χ1) is 3.66. The molecular formula is C3H8ClNaO3S. The third kappa shape index (κ3) is 9.20. The van der Waals surface area contributed by atoms with Crippen LogP contribution in [0.4, 0.5) is 0 Å². The van der Waals surface area contributed by atoms with Gasteiger partial charge in [0.1, 0.15) is 0 Å². The first-order valence-corrected chi connectivity index (χ1v) is 3.67. The van der Waals surface area contributed by atoms with Crippen LogP contribution in [0, 0.1) is 0 Å². The molecule has 0 aliphatic carbocycles. The Morgan fingerprint density at radius 1 is 1.67 bits per heavy atom. The topological polar surface area (TPSA) is 43.4 Å². The van der Waals surface area contributed by atoms with Crippen molar-refractivity contribution in [1.29, 1.82) is 0 Å². The van der Waals surface area contributed by atoms with E-state index < -0.39 is 17.1 Å². The van der Waals surface area contributed by atoms with Crippen molar-refractivity contribution < 1.29 is 12.6 Å². The maximum atomic E-state index is 9.72. The van der Waals surface area contributed by atoms with Crippen molar-refractivity contribution in [2.45, 2.75) is 13.0 Å². The van der Waals surface area contributed by atoms with E-state index in [9.17, 15) is 8.42 Å². The molecule has 0 saturated carbocycles. The van der Waals surface area contributed by atoms with Crippen LogP contribution >= 0.6 is 11.6 Å². The number of rotatable bonds is 3. The van der Waals surface area contributed by atoms with Gasteiger partial charge in [0.05, 0.1) is 6.10 Å². The first-order valence-electron chi connectivity index (χ1n) is 2.04. The van der Waals surface area contributed by atoms with Gasteiger partial charge in [-0.15, -0.1) is 11.6 Å². The summed E-state index contributed by atoms with van der Waals surface area (Å²) in [4.78, 5) is 0. The maximum absolute atomic E-state index is 9.72. The van der Waals surface area contributed by atoms with Gasteiger partial charge in [0.25, 0.3) is 11.0 Å². The molecule has 0 heterocycles. The van der Waals surface area contributed by atoms with Gasteiger partial charge in [0.15, 0.2) is 0 Å². The Kier molecular flexibility index (Phi) is 10.4. The summed E-state index contributed by atoms with van der Waals surface area (Å²) >= 11 is 5.20. The molecule has 0 aliphatic rings. The van der Waals surface area contributed by atoms with Crippen molar-refractivity contribution in [2.75, 3.05) is 5.88 Å². The number of halogens is 1. The summed E-state index contributed by atoms with van der Waals surface area (Å²) in [6.45, 7) is 1.58. The van der Waals surface area contributed by atoms with Gasteiger partial charge in [-0.1, -0.05) is 0 Å². The fraction of sp³-hybridized carbons (Fsp3) is 1.00. The van der Waals surface area contributed by atoms with Crippen LogP contribution in [-0.4, -0.2) is 50.0 Å². The number of hydrogen-bond donors (Lipinski definition) is 1. The van der Waals surface area contributed by atoms with E-state index in [1.54, 1.807) is 6.92 Å². The second-order valence-electron chi connectivity index (χ2n) is 1.29. The molecule has 0 aromatic carbocycles. The summed E-state index contributed by atoms with van der Waals surface area (Å²) in [5.41, 5.74) is 0. The Labute approximate surface area is 83.2 Å². The Morgan fingerprint density at radius 3 is 2.22 bits per heavy atom. The van der Waals surface area contributed by atoms with Crippen molar-refractivity contribution in [1.82, 2.24) is 0 Å². The predicted octanol–water partition coefficient (Wildman–Crippen LogP) is -0.492. The van der Waals surface area contributed by atoms with Gasteiger partial charge >= 0.3 is 29.6 Å². The minimum atomic E-state index is -2.73. The molecule has 6 heteroatoms. The van der Waals surface area contributed by atoms with E-state index >= 15 is 0 Å². The normalized spacial score (nSPS) is 12.8. The van der Waals surface area contributed by atoms with Gasteiger partial charge in [-0.3, -0.25) is 4.18 Å². The van der Waals surface area contributed by atoms with Crippen molar-refractivity contribution in [3.8, 4) is 0 Å². The van der Waals surface area contributed by atoms with Crippen LogP contribution in [0.1, 0.15) is 6.92 Å². The van der Waals surface area contributed by atoms with Crippen molar-refractivity contribution in [3.63, 3.8) is 0 Å². The second-order valence-corrected chi connectivity index (χ2v) is 2.26. The second kappa shape index (κ2) is 7.31. The molecule has 0 saturated heterocycles. The zero-order valence-electron chi connectivity index (χ0n) is 4.33. The Balaban J connectivity index is 0. The van der Waals surface area contributed by atoms with Crippen LogP contribution in [0.3, 0.4) is 0 Å². The van der Waals surface area contributed by atoms with Gasteiger partial charge in [0, 0.05) is 5.88 Å². The molecule has 0 amide bonds. The molecule has 3 nitrogen and oxygen atoms in total. The zero-order valence-corrected chi connectivity index (χ0v) is 5.98. The summed E-state index contributed by atoms with van der Waals surface area (Å²) in [5.74, 6) is 0.198. The first kappa shape index (κ1) is 12.8. The fourth-order valence-corrected chi connectivity index (χ4v) is 0.694. The summed E-state index contributed by atoms with van der Waals surface area (Å²) in [6, 6.07) is 0. The van der Waals surface area contributed by atoms with E-state index in [0.717, 1.165) is 0 Å². The van der Waals surface area contributed by atoms with Gasteiger partial charge in [-0.2, -0.15) is 0 Å². The summed E-state index contributed by atoms with van der Waals surface area (Å²) in [5, 5.41) is 0. The number of alkyl halides is 1. The van der Waals surface area contributed by atoms with Crippen LogP contribution in [0.2, 0.25) is 0 Å². The molecule has 0 rings (SSSR count). The Morgan fingerprint density at radius 2 is 2.11 bits per heavy atom. The van der Waals surface area contributed by atoms with Crippen LogP contribution in [-0.2, 0) is 15.2 Å². The third-order valence-electron chi connectivity index (χ3n) is 0.483. The van der Waals surface area contributed by atoms with Crippen LogP contribution in [0.25, 0.3) is 0 Å². The monoisotopic (exact) mass is 182 g/mol. The van der Waals surface area contributed by atoms with E-state index in [4.69, 9.17) is 11.6 Å². The predicted molar refractivity (Wildman–Crippen MR) is 38.7 cm³/mol. The quantitative estimate of drug-likeness (QED) is 0.364. The summed E-state index contributed by atoms with van der Waals surface area (Å²) in [6.07, 6.45) is -0.405. The van der Waals surface area contributed by atoms with Crippen molar-refractivity contribution in [3.05, 3.63) is 0 Å². The average Bonchev–Trinajstić information content (AvgIpc) is 1.65. The SMILES string of the molecule is CC(CCl)O[SH](=O)=O.[NaH].